The molecule has 5 nitrogen and oxygen atoms in total. The van der Waals surface area contributed by atoms with Gasteiger partial charge < -0.3 is 9.52 Å². The summed E-state index contributed by atoms with van der Waals surface area (Å²) in [5, 5.41) is 17.9. The molecule has 0 spiro atoms. The number of carbonyl (C=O) groups is 1. The SMILES string of the molecule is O=C(O)/C(=C/c1ccc(Br)s1)Sc1nnc(-c2ccc(Cl)cc2)o1. The van der Waals surface area contributed by atoms with Crippen molar-refractivity contribution in [1.29, 1.82) is 0 Å². The summed E-state index contributed by atoms with van der Waals surface area (Å²) in [6.45, 7) is 0. The van der Waals surface area contributed by atoms with E-state index in [0.717, 1.165) is 20.4 Å². The first-order valence-corrected chi connectivity index (χ1v) is 9.29. The molecule has 9 heteroatoms. The third kappa shape index (κ3) is 4.27. The first-order valence-electron chi connectivity index (χ1n) is 6.49. The Kier molecular flexibility index (Phi) is 5.40. The average molecular weight is 444 g/mol. The van der Waals surface area contributed by atoms with Crippen molar-refractivity contribution in [3.05, 3.63) is 55.0 Å². The Labute approximate surface area is 158 Å². The number of aliphatic carboxylic acids is 1. The zero-order chi connectivity index (χ0) is 17.1. The Bertz CT molecular complexity index is 906. The fourth-order valence-electron chi connectivity index (χ4n) is 1.72. The number of thioether (sulfide) groups is 1. The van der Waals surface area contributed by atoms with Gasteiger partial charge in [0, 0.05) is 15.5 Å². The third-order valence-electron chi connectivity index (χ3n) is 2.77. The molecule has 122 valence electrons. The number of hydrogen-bond acceptors (Lipinski definition) is 6. The van der Waals surface area contributed by atoms with Gasteiger partial charge in [-0.25, -0.2) is 4.79 Å². The Morgan fingerprint density at radius 1 is 1.25 bits per heavy atom. The van der Waals surface area contributed by atoms with Gasteiger partial charge in [0.1, 0.15) is 4.91 Å². The van der Waals surface area contributed by atoms with Crippen LogP contribution in [0, 0.1) is 0 Å². The van der Waals surface area contributed by atoms with Gasteiger partial charge in [-0.3, -0.25) is 0 Å². The van der Waals surface area contributed by atoms with Crippen molar-refractivity contribution in [3.63, 3.8) is 0 Å². The predicted octanol–water partition coefficient (Wildman–Crippen LogP) is 5.43. The summed E-state index contributed by atoms with van der Waals surface area (Å²) in [5.74, 6) is -0.756. The average Bonchev–Trinajstić information content (AvgIpc) is 3.17. The van der Waals surface area contributed by atoms with Crippen molar-refractivity contribution >= 4 is 62.7 Å². The fourth-order valence-corrected chi connectivity index (χ4v) is 3.96. The van der Waals surface area contributed by atoms with E-state index in [1.54, 1.807) is 30.3 Å². The van der Waals surface area contributed by atoms with Crippen molar-refractivity contribution < 1.29 is 14.3 Å². The van der Waals surface area contributed by atoms with Gasteiger partial charge in [-0.15, -0.1) is 21.5 Å². The number of hydrogen-bond donors (Lipinski definition) is 1. The third-order valence-corrected chi connectivity index (χ3v) is 5.45. The Hall–Kier alpha value is -1.61. The predicted molar refractivity (Wildman–Crippen MR) is 98.2 cm³/mol. The Balaban J connectivity index is 1.82. The van der Waals surface area contributed by atoms with Crippen LogP contribution in [-0.4, -0.2) is 21.3 Å². The Morgan fingerprint density at radius 3 is 2.62 bits per heavy atom. The van der Waals surface area contributed by atoms with E-state index >= 15 is 0 Å². The van der Waals surface area contributed by atoms with Crippen LogP contribution in [0.15, 0.2) is 54.7 Å². The maximum atomic E-state index is 11.4. The molecular weight excluding hydrogens is 436 g/mol. The molecule has 0 aliphatic carbocycles. The smallest absolute Gasteiger partial charge is 0.342 e. The summed E-state index contributed by atoms with van der Waals surface area (Å²) in [7, 11) is 0. The van der Waals surface area contributed by atoms with Crippen molar-refractivity contribution in [2.75, 3.05) is 0 Å². The minimum absolute atomic E-state index is 0.0932. The largest absolute Gasteiger partial charge is 0.477 e. The zero-order valence-electron chi connectivity index (χ0n) is 11.8. The highest BCUT2D eigenvalue weighted by Crippen LogP contribution is 2.32. The molecule has 0 amide bonds. The molecule has 3 rings (SSSR count). The van der Waals surface area contributed by atoms with Crippen LogP contribution in [-0.2, 0) is 4.79 Å². The highest BCUT2D eigenvalue weighted by Gasteiger charge is 2.16. The summed E-state index contributed by atoms with van der Waals surface area (Å²) >= 11 is 11.5. The van der Waals surface area contributed by atoms with Gasteiger partial charge in [0.15, 0.2) is 0 Å². The van der Waals surface area contributed by atoms with Crippen LogP contribution in [0.2, 0.25) is 5.02 Å². The summed E-state index contributed by atoms with van der Waals surface area (Å²) in [4.78, 5) is 12.3. The lowest BCUT2D eigenvalue weighted by molar-refractivity contribution is -0.131. The summed E-state index contributed by atoms with van der Waals surface area (Å²) in [5.41, 5.74) is 0.710. The number of rotatable bonds is 5. The molecule has 3 aromatic rings. The lowest BCUT2D eigenvalue weighted by atomic mass is 10.2. The Morgan fingerprint density at radius 2 is 2.00 bits per heavy atom. The molecule has 0 saturated carbocycles. The summed E-state index contributed by atoms with van der Waals surface area (Å²) in [6.07, 6.45) is 1.56. The van der Waals surface area contributed by atoms with Crippen LogP contribution in [0.3, 0.4) is 0 Å². The highest BCUT2D eigenvalue weighted by molar-refractivity contribution is 9.11. The maximum Gasteiger partial charge on any atom is 0.342 e. The molecule has 0 unspecified atom stereocenters. The van der Waals surface area contributed by atoms with Gasteiger partial charge in [-0.05, 0) is 70.2 Å². The lowest BCUT2D eigenvalue weighted by Gasteiger charge is -1.97. The molecule has 1 aromatic carbocycles. The van der Waals surface area contributed by atoms with Gasteiger partial charge in [0.25, 0.3) is 5.22 Å². The number of carboxylic acids is 1. The second kappa shape index (κ2) is 7.52. The van der Waals surface area contributed by atoms with Gasteiger partial charge in [0.05, 0.1) is 3.79 Å². The van der Waals surface area contributed by atoms with Gasteiger partial charge in [-0.2, -0.15) is 0 Å². The molecule has 2 heterocycles. The number of benzene rings is 1. The quantitative estimate of drug-likeness (QED) is 0.418. The van der Waals surface area contributed by atoms with E-state index in [-0.39, 0.29) is 10.1 Å². The van der Waals surface area contributed by atoms with Crippen LogP contribution < -0.4 is 0 Å². The molecule has 0 aliphatic rings. The second-order valence-electron chi connectivity index (χ2n) is 4.44. The van der Waals surface area contributed by atoms with E-state index in [4.69, 9.17) is 16.0 Å². The van der Waals surface area contributed by atoms with Gasteiger partial charge >= 0.3 is 5.97 Å². The van der Waals surface area contributed by atoms with E-state index < -0.39 is 5.97 Å². The monoisotopic (exact) mass is 442 g/mol. The highest BCUT2D eigenvalue weighted by atomic mass is 79.9. The molecule has 0 aliphatic heterocycles. The van der Waals surface area contributed by atoms with Crippen molar-refractivity contribution in [1.82, 2.24) is 10.2 Å². The number of carboxylic acid groups (broad SMARTS) is 1. The van der Waals surface area contributed by atoms with Crippen LogP contribution in [0.1, 0.15) is 4.88 Å². The number of thiophene rings is 1. The first-order chi connectivity index (χ1) is 11.5. The van der Waals surface area contributed by atoms with Crippen LogP contribution in [0.4, 0.5) is 0 Å². The molecule has 24 heavy (non-hydrogen) atoms. The standard InChI is InChI=1S/C15H8BrClN2O3S2/c16-12-6-5-10(23-12)7-11(14(20)21)24-15-19-18-13(22-15)8-1-3-9(17)4-2-8/h1-7H,(H,20,21)/b11-7-. The zero-order valence-corrected chi connectivity index (χ0v) is 15.7. The minimum atomic E-state index is -1.06. The minimum Gasteiger partial charge on any atom is -0.477 e. The molecule has 1 N–H and O–H groups in total. The van der Waals surface area contributed by atoms with Gasteiger partial charge in [-0.1, -0.05) is 11.6 Å². The van der Waals surface area contributed by atoms with E-state index in [0.29, 0.717) is 16.5 Å². The van der Waals surface area contributed by atoms with Crippen LogP contribution in [0.5, 0.6) is 0 Å². The molecule has 2 aromatic heterocycles. The summed E-state index contributed by atoms with van der Waals surface area (Å²) < 4.78 is 6.44. The van der Waals surface area contributed by atoms with Crippen LogP contribution >= 0.6 is 50.6 Å². The van der Waals surface area contributed by atoms with E-state index in [2.05, 4.69) is 26.1 Å². The fraction of sp³-hybridized carbons (Fsp3) is 0. The first kappa shape index (κ1) is 17.2. The van der Waals surface area contributed by atoms with Crippen LogP contribution in [0.25, 0.3) is 17.5 Å². The molecule has 0 saturated heterocycles. The normalized spacial score (nSPS) is 11.7. The molecule has 0 atom stereocenters. The molecule has 0 radical (unpaired) electrons. The van der Waals surface area contributed by atoms with Crippen molar-refractivity contribution in [2.24, 2.45) is 0 Å². The lowest BCUT2D eigenvalue weighted by Crippen LogP contribution is -1.96. The van der Waals surface area contributed by atoms with E-state index in [1.807, 2.05) is 12.1 Å². The second-order valence-corrected chi connectivity index (χ2v) is 8.36. The molecule has 0 fully saturated rings. The molecular formula is C15H8BrClN2O3S2. The number of halogens is 2. The van der Waals surface area contributed by atoms with E-state index in [1.165, 1.54) is 11.3 Å². The molecule has 0 bridgehead atoms. The van der Waals surface area contributed by atoms with E-state index in [9.17, 15) is 9.90 Å². The topological polar surface area (TPSA) is 76.2 Å². The van der Waals surface area contributed by atoms with Gasteiger partial charge in [0.2, 0.25) is 5.89 Å². The van der Waals surface area contributed by atoms with Crippen molar-refractivity contribution in [3.8, 4) is 11.5 Å². The number of aromatic nitrogens is 2. The van der Waals surface area contributed by atoms with Crippen molar-refractivity contribution in [2.45, 2.75) is 5.22 Å². The number of nitrogens with zero attached hydrogens (tertiary/aromatic N) is 2. The summed E-state index contributed by atoms with van der Waals surface area (Å²) in [6, 6.07) is 10.6. The maximum absolute atomic E-state index is 11.4.